The number of nitrogens with one attached hydrogen (secondary N) is 2. The topological polar surface area (TPSA) is 80.2 Å². The number of aliphatic imine (C=N–C) groups is 1. The van der Waals surface area contributed by atoms with Gasteiger partial charge in [0.05, 0.1) is 6.10 Å². The van der Waals surface area contributed by atoms with Gasteiger partial charge in [0.1, 0.15) is 6.54 Å². The Morgan fingerprint density at radius 1 is 1.04 bits per heavy atom. The Bertz CT molecular complexity index is 498. The van der Waals surface area contributed by atoms with Gasteiger partial charge in [0.2, 0.25) is 5.91 Å². The van der Waals surface area contributed by atoms with Gasteiger partial charge in [-0.2, -0.15) is 0 Å². The largest absolute Gasteiger partial charge is 0.391 e. The SMILES string of the molecule is CN(C)C(=O)CN=C(NC1CC1)NC1CCN(C2CCCCC2O)CC1. The van der Waals surface area contributed by atoms with Crippen LogP contribution in [0, 0.1) is 0 Å². The van der Waals surface area contributed by atoms with Crippen LogP contribution in [0.4, 0.5) is 0 Å². The lowest BCUT2D eigenvalue weighted by Crippen LogP contribution is -2.53. The second-order valence-electron chi connectivity index (χ2n) is 8.25. The molecule has 0 aromatic carbocycles. The lowest BCUT2D eigenvalue weighted by molar-refractivity contribution is -0.127. The predicted molar refractivity (Wildman–Crippen MR) is 103 cm³/mol. The molecule has 0 spiro atoms. The maximum absolute atomic E-state index is 11.8. The Hall–Kier alpha value is -1.34. The number of hydrogen-bond acceptors (Lipinski definition) is 4. The predicted octanol–water partition coefficient (Wildman–Crippen LogP) is 0.540. The summed E-state index contributed by atoms with van der Waals surface area (Å²) in [7, 11) is 3.52. The molecule has 2 saturated carbocycles. The molecule has 1 amide bonds. The van der Waals surface area contributed by atoms with Gasteiger partial charge >= 0.3 is 0 Å². The second-order valence-corrected chi connectivity index (χ2v) is 8.25. The highest BCUT2D eigenvalue weighted by Crippen LogP contribution is 2.26. The summed E-state index contributed by atoms with van der Waals surface area (Å²) in [6, 6.07) is 1.24. The zero-order valence-corrected chi connectivity index (χ0v) is 16.3. The minimum absolute atomic E-state index is 0.0167. The van der Waals surface area contributed by atoms with Gasteiger partial charge in [0.25, 0.3) is 0 Å². The van der Waals surface area contributed by atoms with Gasteiger partial charge in [-0.15, -0.1) is 0 Å². The number of hydrogen-bond donors (Lipinski definition) is 3. The van der Waals surface area contributed by atoms with E-state index in [4.69, 9.17) is 0 Å². The maximum Gasteiger partial charge on any atom is 0.243 e. The van der Waals surface area contributed by atoms with Gasteiger partial charge < -0.3 is 20.6 Å². The summed E-state index contributed by atoms with van der Waals surface area (Å²) < 4.78 is 0. The van der Waals surface area contributed by atoms with E-state index in [1.165, 1.54) is 19.3 Å². The normalized spacial score (nSPS) is 28.7. The van der Waals surface area contributed by atoms with Gasteiger partial charge in [0.15, 0.2) is 5.96 Å². The molecule has 2 aliphatic carbocycles. The van der Waals surface area contributed by atoms with Crippen LogP contribution < -0.4 is 10.6 Å². The quantitative estimate of drug-likeness (QED) is 0.489. The molecule has 148 valence electrons. The van der Waals surface area contributed by atoms with Crippen molar-refractivity contribution in [3.8, 4) is 0 Å². The molecular weight excluding hydrogens is 330 g/mol. The number of amides is 1. The van der Waals surface area contributed by atoms with Crippen LogP contribution in [0.25, 0.3) is 0 Å². The molecule has 3 fully saturated rings. The Morgan fingerprint density at radius 3 is 2.23 bits per heavy atom. The maximum atomic E-state index is 11.8. The summed E-state index contributed by atoms with van der Waals surface area (Å²) >= 11 is 0. The van der Waals surface area contributed by atoms with Crippen LogP contribution in [-0.2, 0) is 4.79 Å². The summed E-state index contributed by atoms with van der Waals surface area (Å²) in [5.74, 6) is 0.793. The first-order chi connectivity index (χ1) is 12.5. The van der Waals surface area contributed by atoms with Crippen LogP contribution in [-0.4, -0.2) is 84.7 Å². The molecule has 1 heterocycles. The smallest absolute Gasteiger partial charge is 0.243 e. The third-order valence-corrected chi connectivity index (χ3v) is 5.82. The number of piperidine rings is 1. The van der Waals surface area contributed by atoms with E-state index in [-0.39, 0.29) is 18.6 Å². The molecular formula is C19H35N5O2. The number of guanidine groups is 1. The number of aliphatic hydroxyl groups is 1. The van der Waals surface area contributed by atoms with Crippen LogP contribution in [0.2, 0.25) is 0 Å². The van der Waals surface area contributed by atoms with Crippen LogP contribution in [0.5, 0.6) is 0 Å². The molecule has 3 aliphatic rings. The van der Waals surface area contributed by atoms with Gasteiger partial charge in [-0.1, -0.05) is 12.8 Å². The average molecular weight is 366 g/mol. The molecule has 3 N–H and O–H groups in total. The summed E-state index contributed by atoms with van der Waals surface area (Å²) in [5.41, 5.74) is 0. The molecule has 2 unspecified atom stereocenters. The van der Waals surface area contributed by atoms with E-state index < -0.39 is 0 Å². The fourth-order valence-corrected chi connectivity index (χ4v) is 3.93. The van der Waals surface area contributed by atoms with Crippen LogP contribution >= 0.6 is 0 Å². The minimum Gasteiger partial charge on any atom is -0.391 e. The Kier molecular flexibility index (Phi) is 6.75. The monoisotopic (exact) mass is 365 g/mol. The highest BCUT2D eigenvalue weighted by Gasteiger charge is 2.32. The number of carbonyl (C=O) groups excluding carboxylic acids is 1. The number of carbonyl (C=O) groups is 1. The fourth-order valence-electron chi connectivity index (χ4n) is 3.93. The number of likely N-dealkylation sites (tertiary alicyclic amines) is 1. The molecule has 7 heteroatoms. The average Bonchev–Trinajstić information content (AvgIpc) is 3.44. The third kappa shape index (κ3) is 5.58. The van der Waals surface area contributed by atoms with E-state index in [9.17, 15) is 9.90 Å². The molecule has 26 heavy (non-hydrogen) atoms. The molecule has 1 saturated heterocycles. The van der Waals surface area contributed by atoms with Crippen LogP contribution in [0.15, 0.2) is 4.99 Å². The number of aliphatic hydroxyl groups excluding tert-OH is 1. The van der Waals surface area contributed by atoms with E-state index in [1.54, 1.807) is 19.0 Å². The van der Waals surface area contributed by atoms with E-state index in [2.05, 4.69) is 20.5 Å². The molecule has 1 aliphatic heterocycles. The van der Waals surface area contributed by atoms with E-state index >= 15 is 0 Å². The molecule has 3 rings (SSSR count). The zero-order valence-electron chi connectivity index (χ0n) is 16.3. The molecule has 0 radical (unpaired) electrons. The second kappa shape index (κ2) is 9.04. The first-order valence-electron chi connectivity index (χ1n) is 10.2. The lowest BCUT2D eigenvalue weighted by Gasteiger charge is -2.41. The van der Waals surface area contributed by atoms with Crippen molar-refractivity contribution in [2.24, 2.45) is 4.99 Å². The van der Waals surface area contributed by atoms with Gasteiger partial charge in [0, 0.05) is 45.3 Å². The van der Waals surface area contributed by atoms with E-state index in [0.29, 0.717) is 18.1 Å². The Labute approximate surface area is 157 Å². The minimum atomic E-state index is -0.154. The molecule has 2 atom stereocenters. The van der Waals surface area contributed by atoms with Crippen molar-refractivity contribution in [1.82, 2.24) is 20.4 Å². The van der Waals surface area contributed by atoms with E-state index in [1.807, 2.05) is 0 Å². The number of nitrogens with zero attached hydrogens (tertiary/aromatic N) is 3. The summed E-state index contributed by atoms with van der Waals surface area (Å²) in [4.78, 5) is 20.4. The van der Waals surface area contributed by atoms with Crippen molar-refractivity contribution in [3.63, 3.8) is 0 Å². The van der Waals surface area contributed by atoms with Gasteiger partial charge in [-0.3, -0.25) is 9.69 Å². The first-order valence-corrected chi connectivity index (χ1v) is 10.2. The number of likely N-dealkylation sites (N-methyl/N-ethyl adjacent to an activating group) is 1. The lowest BCUT2D eigenvalue weighted by atomic mass is 9.89. The van der Waals surface area contributed by atoms with Crippen molar-refractivity contribution in [2.75, 3.05) is 33.7 Å². The first kappa shape index (κ1) is 19.4. The van der Waals surface area contributed by atoms with Crippen molar-refractivity contribution in [2.45, 2.75) is 75.6 Å². The van der Waals surface area contributed by atoms with Crippen LogP contribution in [0.1, 0.15) is 51.4 Å². The molecule has 0 aromatic heterocycles. The van der Waals surface area contributed by atoms with Crippen molar-refractivity contribution < 1.29 is 9.90 Å². The molecule has 7 nitrogen and oxygen atoms in total. The van der Waals surface area contributed by atoms with Gasteiger partial charge in [-0.25, -0.2) is 4.99 Å². The van der Waals surface area contributed by atoms with Gasteiger partial charge in [-0.05, 0) is 38.5 Å². The van der Waals surface area contributed by atoms with E-state index in [0.717, 1.165) is 51.2 Å². The number of rotatable bonds is 5. The third-order valence-electron chi connectivity index (χ3n) is 5.82. The zero-order chi connectivity index (χ0) is 18.5. The molecule has 0 bridgehead atoms. The summed E-state index contributed by atoms with van der Waals surface area (Å²) in [6.07, 6.45) is 8.79. The standard InChI is InChI=1S/C19H35N5O2/c1-23(2)18(26)13-20-19(21-14-7-8-14)22-15-9-11-24(12-10-15)16-5-3-4-6-17(16)25/h14-17,25H,3-13H2,1-2H3,(H2,20,21,22). The highest BCUT2D eigenvalue weighted by molar-refractivity contribution is 5.85. The summed E-state index contributed by atoms with van der Waals surface area (Å²) in [6.45, 7) is 2.22. The van der Waals surface area contributed by atoms with Crippen molar-refractivity contribution >= 4 is 11.9 Å². The fraction of sp³-hybridized carbons (Fsp3) is 0.895. The highest BCUT2D eigenvalue weighted by atomic mass is 16.3. The summed E-state index contributed by atoms with van der Waals surface area (Å²) in [5, 5.41) is 17.2. The van der Waals surface area contributed by atoms with Crippen molar-refractivity contribution in [3.05, 3.63) is 0 Å². The van der Waals surface area contributed by atoms with Crippen LogP contribution in [0.3, 0.4) is 0 Å². The Morgan fingerprint density at radius 2 is 1.65 bits per heavy atom. The molecule has 0 aromatic rings. The van der Waals surface area contributed by atoms with Crippen molar-refractivity contribution in [1.29, 1.82) is 0 Å². The Balaban J connectivity index is 1.48.